The first kappa shape index (κ1) is 24.3. The molecule has 0 N–H and O–H groups in total. The molecule has 3 saturated heterocycles. The van der Waals surface area contributed by atoms with Crippen molar-refractivity contribution in [3.63, 3.8) is 0 Å². The van der Waals surface area contributed by atoms with Gasteiger partial charge < -0.3 is 0 Å². The van der Waals surface area contributed by atoms with Gasteiger partial charge in [-0.3, -0.25) is 0 Å². The SMILES string of the molecule is CCC[CH2][Ge]12[N]([Si](C)(C)C)CCN(CC[N]1[Si](C)(C)C)CC[N]2[Si](C)(C)C. The Morgan fingerprint density at radius 2 is 0.926 bits per heavy atom. The molecular formula is C19H48GeN4Si3. The van der Waals surface area contributed by atoms with Gasteiger partial charge in [0.25, 0.3) is 0 Å². The first-order chi connectivity index (χ1) is 12.2. The molecule has 160 valence electrons. The number of unbranched alkanes of at least 4 members (excludes halogenated alkanes) is 1. The van der Waals surface area contributed by atoms with E-state index in [0.29, 0.717) is 0 Å². The molecule has 3 aliphatic heterocycles. The fraction of sp³-hybridized carbons (Fsp3) is 1.00. The molecule has 0 atom stereocenters. The summed E-state index contributed by atoms with van der Waals surface area (Å²) in [6.45, 7) is 34.1. The van der Waals surface area contributed by atoms with Crippen molar-refractivity contribution in [2.75, 3.05) is 39.3 Å². The minimum absolute atomic E-state index is 1.31. The second-order valence-corrected chi connectivity index (χ2v) is 36.8. The van der Waals surface area contributed by atoms with Crippen molar-refractivity contribution in [3.05, 3.63) is 0 Å². The van der Waals surface area contributed by atoms with Crippen LogP contribution < -0.4 is 0 Å². The van der Waals surface area contributed by atoms with E-state index in [1.54, 1.807) is 0 Å². The number of nitrogens with zero attached hydrogens (tertiary/aromatic N) is 4. The Kier molecular flexibility index (Phi) is 7.78. The number of hydrogen-bond donors (Lipinski definition) is 0. The fourth-order valence-electron chi connectivity index (χ4n) is 5.47. The van der Waals surface area contributed by atoms with Crippen LogP contribution in [0.15, 0.2) is 0 Å². The number of hydrogen-bond acceptors (Lipinski definition) is 4. The Bertz CT molecular complexity index is 434. The molecule has 0 amide bonds. The van der Waals surface area contributed by atoms with E-state index >= 15 is 0 Å². The van der Waals surface area contributed by atoms with Gasteiger partial charge in [0, 0.05) is 0 Å². The van der Waals surface area contributed by atoms with Crippen molar-refractivity contribution in [1.29, 1.82) is 0 Å². The molecule has 27 heavy (non-hydrogen) atoms. The molecule has 0 radical (unpaired) electrons. The zero-order valence-corrected chi connectivity index (χ0v) is 25.3. The predicted molar refractivity (Wildman–Crippen MR) is 132 cm³/mol. The third-order valence-electron chi connectivity index (χ3n) is 6.51. The molecule has 0 aromatic rings. The van der Waals surface area contributed by atoms with Crippen LogP contribution in [0.4, 0.5) is 0 Å². The second-order valence-electron chi connectivity index (χ2n) is 11.7. The molecule has 3 heterocycles. The summed E-state index contributed by atoms with van der Waals surface area (Å²) in [7, 11) is -4.21. The van der Waals surface area contributed by atoms with Crippen LogP contribution in [0.25, 0.3) is 0 Å². The van der Waals surface area contributed by atoms with Crippen LogP contribution in [0.3, 0.4) is 0 Å². The molecule has 0 aliphatic carbocycles. The van der Waals surface area contributed by atoms with Crippen molar-refractivity contribution in [2.45, 2.75) is 83.9 Å². The molecule has 3 fully saturated rings. The maximum absolute atomic E-state index is 3.25. The first-order valence-electron chi connectivity index (χ1n) is 11.3. The van der Waals surface area contributed by atoms with Crippen molar-refractivity contribution in [3.8, 4) is 0 Å². The van der Waals surface area contributed by atoms with Crippen LogP contribution in [0.1, 0.15) is 19.8 Å². The Morgan fingerprint density at radius 1 is 0.593 bits per heavy atom. The van der Waals surface area contributed by atoms with E-state index in [1.165, 1.54) is 57.4 Å². The topological polar surface area (TPSA) is 13.0 Å². The van der Waals surface area contributed by atoms with Gasteiger partial charge in [0.1, 0.15) is 0 Å². The molecule has 4 nitrogen and oxygen atoms in total. The summed E-state index contributed by atoms with van der Waals surface area (Å²) in [6.07, 6.45) is 2.77. The molecule has 0 spiro atoms. The zero-order valence-electron chi connectivity index (χ0n) is 20.2. The molecule has 3 aliphatic rings. The summed E-state index contributed by atoms with van der Waals surface area (Å²) in [6, 6.07) is 0. The van der Waals surface area contributed by atoms with Gasteiger partial charge in [0.05, 0.1) is 0 Å². The van der Waals surface area contributed by atoms with Crippen molar-refractivity contribution in [2.24, 2.45) is 0 Å². The number of rotatable bonds is 6. The van der Waals surface area contributed by atoms with Crippen LogP contribution in [-0.4, -0.2) is 93.4 Å². The van der Waals surface area contributed by atoms with Gasteiger partial charge in [0.15, 0.2) is 0 Å². The van der Waals surface area contributed by atoms with E-state index in [2.05, 4.69) is 81.3 Å². The third kappa shape index (κ3) is 5.21. The van der Waals surface area contributed by atoms with Crippen molar-refractivity contribution >= 4 is 38.6 Å². The Hall–Kier alpha value is 1.03. The molecule has 8 heteroatoms. The molecule has 0 saturated carbocycles. The van der Waals surface area contributed by atoms with E-state index in [0.717, 1.165) is 0 Å². The normalized spacial score (nSPS) is 30.2. The third-order valence-corrected chi connectivity index (χ3v) is 39.3. The monoisotopic (exact) mass is 490 g/mol. The first-order valence-corrected chi connectivity index (χ1v) is 25.9. The summed E-state index contributed by atoms with van der Waals surface area (Å²) in [4.78, 5) is 2.79. The van der Waals surface area contributed by atoms with Gasteiger partial charge >= 0.3 is 177 Å². The van der Waals surface area contributed by atoms with Gasteiger partial charge in [-0.25, -0.2) is 0 Å². The molecule has 0 aromatic heterocycles. The average Bonchev–Trinajstić information content (AvgIpc) is 2.41. The van der Waals surface area contributed by atoms with Crippen LogP contribution in [0.5, 0.6) is 0 Å². The van der Waals surface area contributed by atoms with Gasteiger partial charge in [-0.05, 0) is 0 Å². The van der Waals surface area contributed by atoms with E-state index < -0.39 is 38.6 Å². The summed E-state index contributed by atoms with van der Waals surface area (Å²) < 4.78 is 9.76. The van der Waals surface area contributed by atoms with Crippen LogP contribution in [-0.2, 0) is 0 Å². The Balaban J connectivity index is 2.76. The van der Waals surface area contributed by atoms with E-state index in [-0.39, 0.29) is 0 Å². The standard InChI is InChI=1S/C19H48GeN4Si3/c1-11-12-13-20-22(25(2,3)4)17-14-21(15-18-23(20)26(5,6)7)16-19-24(20)27(8,9)10/h11-19H2,1-10H3. The van der Waals surface area contributed by atoms with Crippen molar-refractivity contribution in [1.82, 2.24) is 15.5 Å². The molecule has 3 rings (SSSR count). The fourth-order valence-corrected chi connectivity index (χ4v) is 46.5. The van der Waals surface area contributed by atoms with Gasteiger partial charge in [-0.2, -0.15) is 0 Å². The van der Waals surface area contributed by atoms with E-state index in [4.69, 9.17) is 0 Å². The Morgan fingerprint density at radius 3 is 1.19 bits per heavy atom. The number of fused-ring (bicyclic) bond motifs is 6. The molecule has 2 bridgehead atoms. The van der Waals surface area contributed by atoms with Gasteiger partial charge in [-0.1, -0.05) is 0 Å². The molecular weight excluding hydrogens is 441 g/mol. The average molecular weight is 489 g/mol. The van der Waals surface area contributed by atoms with E-state index in [1.807, 2.05) is 0 Å². The summed E-state index contributed by atoms with van der Waals surface area (Å²) in [5.41, 5.74) is 0. The summed E-state index contributed by atoms with van der Waals surface area (Å²) in [5.74, 6) is 0. The second kappa shape index (κ2) is 8.65. The minimum atomic E-state index is -2.60. The Labute approximate surface area is 176 Å². The van der Waals surface area contributed by atoms with Gasteiger partial charge in [-0.15, -0.1) is 0 Å². The summed E-state index contributed by atoms with van der Waals surface area (Å²) in [5, 5.41) is 1.51. The van der Waals surface area contributed by atoms with Crippen molar-refractivity contribution < 1.29 is 0 Å². The van der Waals surface area contributed by atoms with Gasteiger partial charge in [0.2, 0.25) is 0 Å². The quantitative estimate of drug-likeness (QED) is 0.511. The molecule has 0 aromatic carbocycles. The predicted octanol–water partition coefficient (Wildman–Crippen LogP) is 4.47. The van der Waals surface area contributed by atoms with Crippen LogP contribution in [0, 0.1) is 0 Å². The van der Waals surface area contributed by atoms with Crippen LogP contribution in [0.2, 0.25) is 64.2 Å². The van der Waals surface area contributed by atoms with Crippen LogP contribution >= 0.6 is 0 Å². The summed E-state index contributed by atoms with van der Waals surface area (Å²) >= 11 is -2.60. The van der Waals surface area contributed by atoms with E-state index in [9.17, 15) is 0 Å². The maximum atomic E-state index is 3.25. The zero-order chi connectivity index (χ0) is 20.7. The molecule has 0 unspecified atom stereocenters.